The summed E-state index contributed by atoms with van der Waals surface area (Å²) in [5.41, 5.74) is -0.0647. The van der Waals surface area contributed by atoms with Gasteiger partial charge in [0.15, 0.2) is 27.2 Å². The van der Waals surface area contributed by atoms with Gasteiger partial charge in [0.05, 0.1) is 35.2 Å². The van der Waals surface area contributed by atoms with Crippen molar-refractivity contribution >= 4 is 56.2 Å². The van der Waals surface area contributed by atoms with Crippen molar-refractivity contribution in [1.29, 1.82) is 0 Å². The molecule has 2 atom stereocenters. The first-order valence-electron chi connectivity index (χ1n) is 14.7. The van der Waals surface area contributed by atoms with Crippen LogP contribution in [0.3, 0.4) is 0 Å². The van der Waals surface area contributed by atoms with Gasteiger partial charge in [0, 0.05) is 29.8 Å². The molecule has 2 aromatic carbocycles. The van der Waals surface area contributed by atoms with E-state index in [9.17, 15) is 27.9 Å². The summed E-state index contributed by atoms with van der Waals surface area (Å²) in [5, 5.41) is 18.0. The van der Waals surface area contributed by atoms with E-state index in [4.69, 9.17) is 14.2 Å². The van der Waals surface area contributed by atoms with E-state index in [0.29, 0.717) is 34.2 Å². The lowest BCUT2D eigenvalue weighted by Crippen LogP contribution is -2.36. The molecule has 14 nitrogen and oxygen atoms in total. The van der Waals surface area contributed by atoms with Crippen molar-refractivity contribution in [1.82, 2.24) is 14.8 Å². The van der Waals surface area contributed by atoms with Gasteiger partial charge in [0.1, 0.15) is 11.4 Å². The predicted octanol–water partition coefficient (Wildman–Crippen LogP) is 5.22. The van der Waals surface area contributed by atoms with E-state index >= 15 is 0 Å². The first-order valence-corrected chi connectivity index (χ1v) is 16.6. The zero-order valence-corrected chi connectivity index (χ0v) is 27.3. The van der Waals surface area contributed by atoms with Gasteiger partial charge in [-0.3, -0.25) is 4.79 Å². The van der Waals surface area contributed by atoms with Gasteiger partial charge in [-0.1, -0.05) is 6.07 Å². The number of carbonyl (C=O) groups excluding carboxylic acids is 2. The van der Waals surface area contributed by atoms with E-state index in [1.165, 1.54) is 19.4 Å². The molecule has 2 aromatic heterocycles. The van der Waals surface area contributed by atoms with Crippen LogP contribution in [0.1, 0.15) is 51.2 Å². The molecular weight excluding hydrogens is 630 g/mol. The lowest BCUT2D eigenvalue weighted by Gasteiger charge is -2.19. The topological polar surface area (TPSA) is 179 Å². The zero-order chi connectivity index (χ0) is 34.1. The Hall–Kier alpha value is -5.18. The minimum atomic E-state index is -3.56. The Kier molecular flexibility index (Phi) is 7.42. The number of carboxylic acid groups (broad SMARTS) is 1. The predicted molar refractivity (Wildman–Crippen MR) is 171 cm³/mol. The van der Waals surface area contributed by atoms with Crippen molar-refractivity contribution in [3.05, 3.63) is 59.8 Å². The van der Waals surface area contributed by atoms with Crippen LogP contribution in [0.2, 0.25) is 0 Å². The third kappa shape index (κ3) is 5.39. The molecule has 1 aliphatic carbocycles. The number of sulfone groups is 1. The maximum absolute atomic E-state index is 13.7. The van der Waals surface area contributed by atoms with Gasteiger partial charge in [-0.25, -0.2) is 27.9 Å². The van der Waals surface area contributed by atoms with Crippen LogP contribution in [0.15, 0.2) is 53.6 Å². The number of nitrogens with zero attached hydrogens (tertiary/aromatic N) is 4. The Labute approximate surface area is 270 Å². The highest BCUT2D eigenvalue weighted by molar-refractivity contribution is 7.90. The molecule has 0 unspecified atom stereocenters. The molecule has 1 spiro atoms. The number of rotatable bonds is 7. The van der Waals surface area contributed by atoms with E-state index < -0.39 is 44.9 Å². The molecule has 15 heteroatoms. The maximum Gasteiger partial charge on any atom is 0.435 e. The number of anilines is 3. The first-order chi connectivity index (χ1) is 22.1. The zero-order valence-electron chi connectivity index (χ0n) is 26.5. The van der Waals surface area contributed by atoms with Crippen molar-refractivity contribution in [3.63, 3.8) is 0 Å². The normalized spacial score (nSPS) is 18.7. The Morgan fingerprint density at radius 2 is 1.87 bits per heavy atom. The van der Waals surface area contributed by atoms with Gasteiger partial charge in [0.25, 0.3) is 0 Å². The van der Waals surface area contributed by atoms with Gasteiger partial charge in [-0.15, -0.1) is 5.10 Å². The van der Waals surface area contributed by atoms with E-state index in [-0.39, 0.29) is 34.6 Å². The van der Waals surface area contributed by atoms with Gasteiger partial charge in [-0.2, -0.15) is 4.68 Å². The summed E-state index contributed by atoms with van der Waals surface area (Å²) in [6.45, 7) is 7.15. The molecule has 0 saturated heterocycles. The number of fused-ring (bicyclic) bond motifs is 3. The van der Waals surface area contributed by atoms with Crippen molar-refractivity contribution in [2.24, 2.45) is 0 Å². The average Bonchev–Trinajstić information content (AvgIpc) is 3.58. The highest BCUT2D eigenvalue weighted by Gasteiger charge is 2.68. The Balaban J connectivity index is 1.45. The number of carbonyl (C=O) groups is 3. The van der Waals surface area contributed by atoms with E-state index in [2.05, 4.69) is 15.4 Å². The number of hydrogen-bond donors (Lipinski definition) is 2. The molecule has 0 radical (unpaired) electrons. The SMILES string of the molecule is CCOc1cc(S(C)(=O)=O)cnc1Nc1nn(C(=O)OC(C)(C)C)c2cc([C@@H]3C[C@@]34C(=O)N(C(=O)O)c3ccc(OC)cc34)ccc12. The summed E-state index contributed by atoms with van der Waals surface area (Å²) < 4.78 is 42.1. The second-order valence-electron chi connectivity index (χ2n) is 12.4. The largest absolute Gasteiger partial charge is 0.497 e. The number of methoxy groups -OCH3 is 1. The third-order valence-corrected chi connectivity index (χ3v) is 9.21. The highest BCUT2D eigenvalue weighted by atomic mass is 32.2. The molecule has 1 fully saturated rings. The van der Waals surface area contributed by atoms with E-state index in [1.54, 1.807) is 64.1 Å². The molecule has 3 heterocycles. The van der Waals surface area contributed by atoms with Gasteiger partial charge in [-0.05, 0) is 75.6 Å². The fraction of sp³-hybridized carbons (Fsp3) is 0.344. The molecule has 2 amide bonds. The van der Waals surface area contributed by atoms with E-state index in [0.717, 1.165) is 15.8 Å². The van der Waals surface area contributed by atoms with Crippen LogP contribution in [0.25, 0.3) is 10.9 Å². The standard InChI is InChI=1S/C32H33N5O9S/c1-7-45-25-14-19(47(6,42)43)16-33-27(25)34-26-20-10-8-17(12-24(20)37(35-26)30(41)46-31(2,3)4)22-15-32(22)21-13-18(44-5)9-11-23(21)36(28(32)38)29(39)40/h8-14,16,22H,7,15H2,1-6H3,(H,39,40)(H,33,34,35)/t22-,32-/m0/s1. The van der Waals surface area contributed by atoms with Crippen LogP contribution in [0.4, 0.5) is 26.9 Å². The maximum atomic E-state index is 13.7. The molecule has 246 valence electrons. The fourth-order valence-electron chi connectivity index (χ4n) is 5.99. The van der Waals surface area contributed by atoms with Crippen molar-refractivity contribution in [2.45, 2.75) is 55.9 Å². The van der Waals surface area contributed by atoms with Crippen LogP contribution in [-0.4, -0.2) is 72.0 Å². The average molecular weight is 664 g/mol. The Morgan fingerprint density at radius 3 is 2.51 bits per heavy atom. The highest BCUT2D eigenvalue weighted by Crippen LogP contribution is 2.67. The number of benzene rings is 2. The van der Waals surface area contributed by atoms with Crippen LogP contribution < -0.4 is 19.7 Å². The summed E-state index contributed by atoms with van der Waals surface area (Å²) in [5.74, 6) is 0.108. The lowest BCUT2D eigenvalue weighted by atomic mass is 9.91. The number of nitrogens with one attached hydrogen (secondary N) is 1. The number of imide groups is 1. The second-order valence-corrected chi connectivity index (χ2v) is 14.4. The molecule has 1 saturated carbocycles. The smallest absolute Gasteiger partial charge is 0.435 e. The van der Waals surface area contributed by atoms with Gasteiger partial charge >= 0.3 is 12.2 Å². The van der Waals surface area contributed by atoms with Crippen molar-refractivity contribution in [2.75, 3.05) is 30.2 Å². The fourth-order valence-corrected chi connectivity index (χ4v) is 6.56. The van der Waals surface area contributed by atoms with E-state index in [1.807, 2.05) is 0 Å². The van der Waals surface area contributed by atoms with Crippen molar-refractivity contribution < 1.29 is 42.1 Å². The summed E-state index contributed by atoms with van der Waals surface area (Å²) >= 11 is 0. The quantitative estimate of drug-likeness (QED) is 0.264. The second kappa shape index (κ2) is 11.0. The summed E-state index contributed by atoms with van der Waals surface area (Å²) in [7, 11) is -2.07. The number of ether oxygens (including phenoxy) is 3. The third-order valence-electron chi connectivity index (χ3n) is 8.13. The van der Waals surface area contributed by atoms with Crippen LogP contribution >= 0.6 is 0 Å². The summed E-state index contributed by atoms with van der Waals surface area (Å²) in [6, 6.07) is 11.5. The molecule has 0 bridgehead atoms. The van der Waals surface area contributed by atoms with Crippen LogP contribution in [0.5, 0.6) is 11.5 Å². The molecule has 4 aromatic rings. The lowest BCUT2D eigenvalue weighted by molar-refractivity contribution is -0.119. The number of amides is 2. The van der Waals surface area contributed by atoms with Crippen LogP contribution in [-0.2, 0) is 24.8 Å². The number of aromatic nitrogens is 3. The summed E-state index contributed by atoms with van der Waals surface area (Å²) in [6.07, 6.45) is 0.485. The molecule has 2 N–H and O–H groups in total. The molecule has 2 aliphatic rings. The number of pyridine rings is 1. The van der Waals surface area contributed by atoms with Gasteiger partial charge in [0.2, 0.25) is 5.91 Å². The molecular formula is C32H33N5O9S. The first kappa shape index (κ1) is 31.8. The minimum absolute atomic E-state index is 0.0271. The van der Waals surface area contributed by atoms with Gasteiger partial charge < -0.3 is 24.6 Å². The molecule has 1 aliphatic heterocycles. The Morgan fingerprint density at radius 1 is 1.13 bits per heavy atom. The Bertz CT molecular complexity index is 2090. The monoisotopic (exact) mass is 663 g/mol. The number of hydrogen-bond acceptors (Lipinski definition) is 11. The molecule has 47 heavy (non-hydrogen) atoms. The minimum Gasteiger partial charge on any atom is -0.497 e. The molecule has 6 rings (SSSR count). The summed E-state index contributed by atoms with van der Waals surface area (Å²) in [4.78, 5) is 44.3. The van der Waals surface area contributed by atoms with Crippen LogP contribution in [0, 0.1) is 0 Å². The van der Waals surface area contributed by atoms with Crippen molar-refractivity contribution in [3.8, 4) is 11.5 Å².